The van der Waals surface area contributed by atoms with E-state index in [0.717, 1.165) is 44.9 Å². The maximum Gasteiger partial charge on any atom is 0.306 e. The number of ether oxygens (including phenoxy) is 4. The molecule has 2 atom stereocenters. The van der Waals surface area contributed by atoms with Crippen LogP contribution in [0.15, 0.2) is 36.5 Å². The van der Waals surface area contributed by atoms with Gasteiger partial charge in [0, 0.05) is 12.8 Å². The van der Waals surface area contributed by atoms with Gasteiger partial charge in [-0.05, 0) is 70.6 Å². The highest BCUT2D eigenvalue weighted by atomic mass is 16.7. The molecule has 0 fully saturated rings. The van der Waals surface area contributed by atoms with Gasteiger partial charge in [-0.15, -0.1) is 0 Å². The lowest BCUT2D eigenvalue weighted by Crippen LogP contribution is -2.44. The third-order valence-corrected chi connectivity index (χ3v) is 21.9. The molecule has 0 aromatic heterocycles. The second-order valence-corrected chi connectivity index (χ2v) is 33.7. The normalized spacial score (nSPS) is 12.7. The molecular weight excluding hydrogens is 1300 g/mol. The maximum absolute atomic E-state index is 13.0. The fourth-order valence-corrected chi connectivity index (χ4v) is 14.7. The zero-order valence-corrected chi connectivity index (χ0v) is 71.4. The lowest BCUT2D eigenvalue weighted by molar-refractivity contribution is -0.870. The maximum atomic E-state index is 13.0. The van der Waals surface area contributed by atoms with Crippen molar-refractivity contribution in [3.05, 3.63) is 36.5 Å². The van der Waals surface area contributed by atoms with Gasteiger partial charge < -0.3 is 33.3 Å². The molecule has 0 aliphatic carbocycles. The minimum atomic E-state index is -1.62. The molecule has 0 rings (SSSR count). The molecule has 0 amide bonds. The number of allylic oxidation sites excluding steroid dienone is 6. The zero-order valence-electron chi connectivity index (χ0n) is 71.4. The van der Waals surface area contributed by atoms with E-state index in [0.29, 0.717) is 17.4 Å². The first-order chi connectivity index (χ1) is 51.6. The summed E-state index contributed by atoms with van der Waals surface area (Å²) >= 11 is 0. The number of carbonyl (C=O) groups is 3. The van der Waals surface area contributed by atoms with Crippen LogP contribution in [0.1, 0.15) is 502 Å². The van der Waals surface area contributed by atoms with Crippen molar-refractivity contribution in [1.82, 2.24) is 0 Å². The van der Waals surface area contributed by atoms with Crippen LogP contribution in [0.25, 0.3) is 0 Å². The van der Waals surface area contributed by atoms with Crippen LogP contribution in [0.5, 0.6) is 0 Å². The molecule has 620 valence electrons. The second-order valence-electron chi connectivity index (χ2n) is 33.7. The van der Waals surface area contributed by atoms with Crippen LogP contribution in [0, 0.1) is 0 Å². The van der Waals surface area contributed by atoms with Crippen LogP contribution < -0.4 is 5.11 Å². The molecular formula is C96H183NO8. The Balaban J connectivity index is 3.86. The van der Waals surface area contributed by atoms with Gasteiger partial charge in [0.2, 0.25) is 0 Å². The van der Waals surface area contributed by atoms with Gasteiger partial charge in [-0.3, -0.25) is 9.59 Å². The molecule has 9 nitrogen and oxygen atoms in total. The Morgan fingerprint density at radius 2 is 0.514 bits per heavy atom. The molecule has 2 unspecified atom stereocenters. The Morgan fingerprint density at radius 1 is 0.286 bits per heavy atom. The zero-order chi connectivity index (χ0) is 76.0. The molecule has 0 aliphatic heterocycles. The summed E-state index contributed by atoms with van der Waals surface area (Å²) in [6.45, 7) is 4.83. The Bertz CT molecular complexity index is 1820. The third kappa shape index (κ3) is 88.6. The van der Waals surface area contributed by atoms with Crippen LogP contribution in [-0.2, 0) is 33.3 Å². The Morgan fingerprint density at radius 3 is 0.762 bits per heavy atom. The fourth-order valence-electron chi connectivity index (χ4n) is 14.7. The molecule has 0 aromatic carbocycles. The van der Waals surface area contributed by atoms with E-state index in [-0.39, 0.29) is 32.2 Å². The Labute approximate surface area is 655 Å². The summed E-state index contributed by atoms with van der Waals surface area (Å²) in [5, 5.41) is 11.9. The van der Waals surface area contributed by atoms with E-state index in [1.165, 1.54) is 430 Å². The molecule has 105 heavy (non-hydrogen) atoms. The largest absolute Gasteiger partial charge is 0.545 e. The molecule has 0 saturated carbocycles. The number of carboxylic acid groups (broad SMARTS) is 1. The van der Waals surface area contributed by atoms with E-state index in [1.54, 1.807) is 0 Å². The summed E-state index contributed by atoms with van der Waals surface area (Å²) in [6.07, 6.45) is 112. The standard InChI is InChI=1S/C96H183NO8/c1-6-8-10-12-14-16-18-20-22-24-26-28-30-32-34-36-38-40-42-44-46-47-49-50-52-54-56-58-60-62-64-66-68-70-72-74-76-78-80-82-84-86-93(98)103-90-92(91-104-96(95(100)101)102-89-88-97(3,4)5)105-94(99)87-85-83-81-79-77-75-73-71-69-67-65-63-61-59-57-55-53-51-48-45-43-41-39-37-35-33-31-29-27-25-23-21-19-17-15-13-11-9-7-2/h19,21,24-27,92,96H,6-18,20,22-23,28-91H2,1-5H3/b21-19-,26-24-,27-25-. The highest BCUT2D eigenvalue weighted by molar-refractivity contribution is 5.70. The molecule has 0 spiro atoms. The number of nitrogens with zero attached hydrogens (tertiary/aromatic N) is 1. The van der Waals surface area contributed by atoms with E-state index < -0.39 is 24.3 Å². The van der Waals surface area contributed by atoms with E-state index in [4.69, 9.17) is 18.9 Å². The van der Waals surface area contributed by atoms with E-state index in [1.807, 2.05) is 21.1 Å². The van der Waals surface area contributed by atoms with Gasteiger partial charge in [0.25, 0.3) is 0 Å². The fraction of sp³-hybridized carbons (Fsp3) is 0.906. The van der Waals surface area contributed by atoms with Crippen molar-refractivity contribution in [2.24, 2.45) is 0 Å². The Kier molecular flexibility index (Phi) is 85.0. The number of aliphatic carboxylic acids is 1. The van der Waals surface area contributed by atoms with Gasteiger partial charge in [0.05, 0.1) is 40.3 Å². The van der Waals surface area contributed by atoms with Crippen molar-refractivity contribution in [2.45, 2.75) is 514 Å². The first-order valence-electron chi connectivity index (χ1n) is 47.1. The number of quaternary nitrogens is 1. The van der Waals surface area contributed by atoms with Gasteiger partial charge in [-0.25, -0.2) is 0 Å². The number of carbonyl (C=O) groups excluding carboxylic acids is 3. The molecule has 0 bridgehead atoms. The predicted molar refractivity (Wildman–Crippen MR) is 454 cm³/mol. The molecule has 0 heterocycles. The highest BCUT2D eigenvalue weighted by Crippen LogP contribution is 2.22. The first kappa shape index (κ1) is 103. The van der Waals surface area contributed by atoms with Crippen LogP contribution >= 0.6 is 0 Å². The summed E-state index contributed by atoms with van der Waals surface area (Å²) in [5.41, 5.74) is 0. The number of rotatable bonds is 90. The van der Waals surface area contributed by atoms with Crippen molar-refractivity contribution in [3.63, 3.8) is 0 Å². The lowest BCUT2D eigenvalue weighted by Gasteiger charge is -2.26. The van der Waals surface area contributed by atoms with Crippen molar-refractivity contribution in [2.75, 3.05) is 47.5 Å². The SMILES string of the molecule is CCCCCCC/C=C\C/C=C\CCCCCCCCCCCCCCCCCCCCCCCCCCCCCC(=O)OC(COC(=O)CCCCCCCCCCCCCCCCCCCCCCCCCCCCCCC/C=C\CCCCCCCCCC)COC(OCC[N+](C)(C)C)C(=O)[O-]. The van der Waals surface area contributed by atoms with E-state index in [9.17, 15) is 19.5 Å². The smallest absolute Gasteiger partial charge is 0.306 e. The Hall–Kier alpha value is -2.49. The van der Waals surface area contributed by atoms with Gasteiger partial charge >= 0.3 is 11.9 Å². The van der Waals surface area contributed by atoms with Gasteiger partial charge in [-0.1, -0.05) is 455 Å². The summed E-state index contributed by atoms with van der Waals surface area (Å²) in [7, 11) is 5.96. The summed E-state index contributed by atoms with van der Waals surface area (Å²) in [5.74, 6) is -2.24. The molecule has 0 radical (unpaired) electrons. The highest BCUT2D eigenvalue weighted by Gasteiger charge is 2.22. The number of esters is 2. The predicted octanol–water partition coefficient (Wildman–Crippen LogP) is 29.6. The topological polar surface area (TPSA) is 111 Å². The second kappa shape index (κ2) is 87.1. The molecule has 0 saturated heterocycles. The number of carboxylic acids is 1. The molecule has 9 heteroatoms. The molecule has 0 N–H and O–H groups in total. The van der Waals surface area contributed by atoms with Gasteiger partial charge in [0.15, 0.2) is 12.4 Å². The van der Waals surface area contributed by atoms with Crippen LogP contribution in [0.4, 0.5) is 0 Å². The number of hydrogen-bond acceptors (Lipinski definition) is 8. The lowest BCUT2D eigenvalue weighted by atomic mass is 10.0. The number of hydrogen-bond donors (Lipinski definition) is 0. The van der Waals surface area contributed by atoms with Crippen LogP contribution in [-0.4, -0.2) is 82.3 Å². The minimum absolute atomic E-state index is 0.152. The van der Waals surface area contributed by atoms with Crippen LogP contribution in [0.3, 0.4) is 0 Å². The van der Waals surface area contributed by atoms with Crippen molar-refractivity contribution < 1.29 is 42.9 Å². The quantitative estimate of drug-likeness (QED) is 0.0195. The molecule has 0 aromatic rings. The third-order valence-electron chi connectivity index (χ3n) is 21.9. The van der Waals surface area contributed by atoms with Crippen molar-refractivity contribution in [1.29, 1.82) is 0 Å². The average molecular weight is 1480 g/mol. The van der Waals surface area contributed by atoms with Gasteiger partial charge in [-0.2, -0.15) is 0 Å². The van der Waals surface area contributed by atoms with Gasteiger partial charge in [0.1, 0.15) is 13.2 Å². The first-order valence-corrected chi connectivity index (χ1v) is 47.1. The summed E-state index contributed by atoms with van der Waals surface area (Å²) < 4.78 is 23.0. The summed E-state index contributed by atoms with van der Waals surface area (Å²) in [6, 6.07) is 0. The number of likely N-dealkylation sites (N-methyl/N-ethyl adjacent to an activating group) is 1. The van der Waals surface area contributed by atoms with E-state index in [2.05, 4.69) is 50.3 Å². The molecule has 0 aliphatic rings. The van der Waals surface area contributed by atoms with Crippen molar-refractivity contribution in [3.8, 4) is 0 Å². The van der Waals surface area contributed by atoms with E-state index >= 15 is 0 Å². The monoisotopic (exact) mass is 1480 g/mol. The average Bonchev–Trinajstić information content (AvgIpc) is 1.97. The minimum Gasteiger partial charge on any atom is -0.545 e. The van der Waals surface area contributed by atoms with Crippen LogP contribution in [0.2, 0.25) is 0 Å². The summed E-state index contributed by atoms with van der Waals surface area (Å²) in [4.78, 5) is 37.7. The number of unbranched alkanes of at least 4 members (excludes halogenated alkanes) is 69. The van der Waals surface area contributed by atoms with Crippen molar-refractivity contribution >= 4 is 17.9 Å².